The van der Waals surface area contributed by atoms with Gasteiger partial charge in [-0.15, -0.1) is 0 Å². The summed E-state index contributed by atoms with van der Waals surface area (Å²) in [6.45, 7) is 1.20. The van der Waals surface area contributed by atoms with Crippen molar-refractivity contribution in [2.75, 3.05) is 20.7 Å². The third-order valence-electron chi connectivity index (χ3n) is 3.49. The molecule has 1 aromatic rings. The van der Waals surface area contributed by atoms with Crippen LogP contribution in [0.2, 0.25) is 0 Å². The molecule has 1 saturated heterocycles. The molecule has 0 unspecified atom stereocenters. The number of carbonyl (C=O) groups is 1. The highest BCUT2D eigenvalue weighted by molar-refractivity contribution is 5.66. The SMILES string of the molecule is Cc1cn([C@@H]2O[C@H](COC(=O)N(C)C)[C@H](O)[C@H]2O)c(=O)[nH]c1=O. The number of aromatic nitrogens is 2. The van der Waals surface area contributed by atoms with E-state index in [1.165, 1.54) is 32.1 Å². The first-order valence-corrected chi connectivity index (χ1v) is 6.90. The number of H-pyrrole nitrogens is 1. The number of ether oxygens (including phenoxy) is 2. The van der Waals surface area contributed by atoms with E-state index in [1.807, 2.05) is 0 Å². The molecule has 10 heteroatoms. The topological polar surface area (TPSA) is 134 Å². The summed E-state index contributed by atoms with van der Waals surface area (Å²) in [6.07, 6.45) is -4.37. The molecule has 128 valence electrons. The van der Waals surface area contributed by atoms with E-state index in [0.29, 0.717) is 0 Å². The monoisotopic (exact) mass is 329 g/mol. The average Bonchev–Trinajstić information content (AvgIpc) is 2.76. The molecule has 0 saturated carbocycles. The van der Waals surface area contributed by atoms with Gasteiger partial charge in [0.15, 0.2) is 6.23 Å². The second-order valence-electron chi connectivity index (χ2n) is 5.50. The summed E-state index contributed by atoms with van der Waals surface area (Å²) in [7, 11) is 2.99. The van der Waals surface area contributed by atoms with Crippen LogP contribution in [0.25, 0.3) is 0 Å². The Morgan fingerprint density at radius 2 is 2.04 bits per heavy atom. The fraction of sp³-hybridized carbons (Fsp3) is 0.615. The van der Waals surface area contributed by atoms with Crippen molar-refractivity contribution in [2.24, 2.45) is 0 Å². The van der Waals surface area contributed by atoms with E-state index >= 15 is 0 Å². The Labute approximate surface area is 130 Å². The zero-order chi connectivity index (χ0) is 17.3. The van der Waals surface area contributed by atoms with Crippen LogP contribution in [0.3, 0.4) is 0 Å². The van der Waals surface area contributed by atoms with Crippen LogP contribution in [0.5, 0.6) is 0 Å². The van der Waals surface area contributed by atoms with Crippen LogP contribution in [0.4, 0.5) is 4.79 Å². The van der Waals surface area contributed by atoms with E-state index in [9.17, 15) is 24.6 Å². The van der Waals surface area contributed by atoms with Crippen molar-refractivity contribution in [3.8, 4) is 0 Å². The standard InChI is InChI=1S/C13H19N3O7/c1-6-4-16(12(20)14-10(6)19)11-9(18)8(17)7(23-11)5-22-13(21)15(2)3/h4,7-9,11,17-18H,5H2,1-3H3,(H,14,19,20)/t7-,8+,9-,11-/m1/s1. The molecule has 10 nitrogen and oxygen atoms in total. The number of amides is 1. The molecule has 1 aliphatic heterocycles. The van der Waals surface area contributed by atoms with Crippen molar-refractivity contribution in [3.63, 3.8) is 0 Å². The Morgan fingerprint density at radius 1 is 1.39 bits per heavy atom. The molecule has 0 radical (unpaired) electrons. The van der Waals surface area contributed by atoms with Gasteiger partial charge in [0.05, 0.1) is 0 Å². The normalized spacial score (nSPS) is 27.0. The van der Waals surface area contributed by atoms with E-state index in [4.69, 9.17) is 9.47 Å². The maximum atomic E-state index is 11.8. The van der Waals surface area contributed by atoms with Crippen LogP contribution < -0.4 is 11.2 Å². The van der Waals surface area contributed by atoms with Gasteiger partial charge in [0.2, 0.25) is 0 Å². The Kier molecular flexibility index (Phi) is 4.88. The molecule has 1 fully saturated rings. The Bertz CT molecular complexity index is 696. The number of aromatic amines is 1. The second kappa shape index (κ2) is 6.52. The van der Waals surface area contributed by atoms with Crippen LogP contribution >= 0.6 is 0 Å². The summed E-state index contributed by atoms with van der Waals surface area (Å²) >= 11 is 0. The summed E-state index contributed by atoms with van der Waals surface area (Å²) in [5.41, 5.74) is -1.07. The van der Waals surface area contributed by atoms with Crippen LogP contribution in [0.1, 0.15) is 11.8 Å². The van der Waals surface area contributed by atoms with Crippen molar-refractivity contribution >= 4 is 6.09 Å². The lowest BCUT2D eigenvalue weighted by Crippen LogP contribution is -2.38. The van der Waals surface area contributed by atoms with Crippen molar-refractivity contribution in [1.29, 1.82) is 0 Å². The number of nitrogens with one attached hydrogen (secondary N) is 1. The van der Waals surface area contributed by atoms with Crippen LogP contribution in [-0.2, 0) is 9.47 Å². The minimum atomic E-state index is -1.42. The van der Waals surface area contributed by atoms with Gasteiger partial charge in [-0.25, -0.2) is 9.59 Å². The van der Waals surface area contributed by atoms with Gasteiger partial charge in [0.25, 0.3) is 5.56 Å². The molecule has 23 heavy (non-hydrogen) atoms. The molecule has 3 N–H and O–H groups in total. The molecule has 1 aromatic heterocycles. The number of aliphatic hydroxyl groups excluding tert-OH is 2. The minimum Gasteiger partial charge on any atom is -0.447 e. The Balaban J connectivity index is 2.17. The number of aryl methyl sites for hydroxylation is 1. The first kappa shape index (κ1) is 17.2. The minimum absolute atomic E-state index is 0.248. The molecule has 4 atom stereocenters. The molecular weight excluding hydrogens is 310 g/mol. The van der Waals surface area contributed by atoms with Crippen molar-refractivity contribution in [1.82, 2.24) is 14.5 Å². The first-order chi connectivity index (χ1) is 10.7. The molecule has 1 aliphatic rings. The number of rotatable bonds is 3. The quantitative estimate of drug-likeness (QED) is 0.593. The van der Waals surface area contributed by atoms with Gasteiger partial charge in [0.1, 0.15) is 24.9 Å². The van der Waals surface area contributed by atoms with Gasteiger partial charge >= 0.3 is 11.8 Å². The summed E-state index contributed by atoms with van der Waals surface area (Å²) in [5.74, 6) is 0. The fourth-order valence-corrected chi connectivity index (χ4v) is 2.15. The molecule has 0 aliphatic carbocycles. The molecule has 0 aromatic carbocycles. The van der Waals surface area contributed by atoms with Gasteiger partial charge in [-0.3, -0.25) is 14.3 Å². The summed E-state index contributed by atoms with van der Waals surface area (Å²) in [5, 5.41) is 20.1. The smallest absolute Gasteiger partial charge is 0.409 e. The van der Waals surface area contributed by atoms with E-state index in [-0.39, 0.29) is 12.2 Å². The number of hydrogen-bond donors (Lipinski definition) is 3. The van der Waals surface area contributed by atoms with E-state index in [2.05, 4.69) is 4.98 Å². The van der Waals surface area contributed by atoms with Crippen LogP contribution in [0, 0.1) is 6.92 Å². The number of aliphatic hydroxyl groups is 2. The fourth-order valence-electron chi connectivity index (χ4n) is 2.15. The van der Waals surface area contributed by atoms with Crippen molar-refractivity contribution in [3.05, 3.63) is 32.6 Å². The Morgan fingerprint density at radius 3 is 2.65 bits per heavy atom. The summed E-state index contributed by atoms with van der Waals surface area (Å²) < 4.78 is 11.3. The van der Waals surface area contributed by atoms with Gasteiger partial charge in [-0.1, -0.05) is 0 Å². The molecule has 2 rings (SSSR count). The predicted octanol–water partition coefficient (Wildman–Crippen LogP) is -1.84. The largest absolute Gasteiger partial charge is 0.447 e. The maximum Gasteiger partial charge on any atom is 0.409 e. The van der Waals surface area contributed by atoms with E-state index in [0.717, 1.165) is 4.57 Å². The lowest BCUT2D eigenvalue weighted by molar-refractivity contribution is -0.0588. The lowest BCUT2D eigenvalue weighted by atomic mass is 10.1. The number of hydrogen-bond acceptors (Lipinski definition) is 7. The van der Waals surface area contributed by atoms with E-state index < -0.39 is 41.9 Å². The zero-order valence-corrected chi connectivity index (χ0v) is 12.9. The molecule has 0 bridgehead atoms. The van der Waals surface area contributed by atoms with Crippen LogP contribution in [-0.4, -0.2) is 69.8 Å². The third-order valence-corrected chi connectivity index (χ3v) is 3.49. The average molecular weight is 329 g/mol. The van der Waals surface area contributed by atoms with Gasteiger partial charge < -0.3 is 24.6 Å². The van der Waals surface area contributed by atoms with Gasteiger partial charge in [-0.05, 0) is 6.92 Å². The molecule has 2 heterocycles. The molecule has 1 amide bonds. The van der Waals surface area contributed by atoms with E-state index in [1.54, 1.807) is 0 Å². The second-order valence-corrected chi connectivity index (χ2v) is 5.50. The predicted molar refractivity (Wildman–Crippen MR) is 77.0 cm³/mol. The Hall–Kier alpha value is -2.17. The molecule has 0 spiro atoms. The van der Waals surface area contributed by atoms with Gasteiger partial charge in [0, 0.05) is 25.9 Å². The maximum absolute atomic E-state index is 11.8. The summed E-state index contributed by atoms with van der Waals surface area (Å²) in [6, 6.07) is 0. The summed E-state index contributed by atoms with van der Waals surface area (Å²) in [4.78, 5) is 37.9. The highest BCUT2D eigenvalue weighted by Crippen LogP contribution is 2.28. The van der Waals surface area contributed by atoms with Crippen LogP contribution in [0.15, 0.2) is 15.8 Å². The zero-order valence-electron chi connectivity index (χ0n) is 12.9. The van der Waals surface area contributed by atoms with Crippen molar-refractivity contribution < 1.29 is 24.5 Å². The number of nitrogens with zero attached hydrogens (tertiary/aromatic N) is 2. The van der Waals surface area contributed by atoms with Crippen molar-refractivity contribution in [2.45, 2.75) is 31.5 Å². The highest BCUT2D eigenvalue weighted by atomic mass is 16.6. The third kappa shape index (κ3) is 3.44. The van der Waals surface area contributed by atoms with Gasteiger partial charge in [-0.2, -0.15) is 0 Å². The molecular formula is C13H19N3O7. The highest BCUT2D eigenvalue weighted by Gasteiger charge is 2.44. The number of carbonyl (C=O) groups excluding carboxylic acids is 1. The first-order valence-electron chi connectivity index (χ1n) is 6.90. The lowest BCUT2D eigenvalue weighted by Gasteiger charge is -2.17.